The number of hydrogen-bond acceptors (Lipinski definition) is 4. The second-order valence-corrected chi connectivity index (χ2v) is 8.20. The van der Waals surface area contributed by atoms with Gasteiger partial charge in [-0.25, -0.2) is 0 Å². The van der Waals surface area contributed by atoms with Crippen LogP contribution in [-0.2, 0) is 11.2 Å². The van der Waals surface area contributed by atoms with Crippen LogP contribution in [0.1, 0.15) is 51.8 Å². The highest BCUT2D eigenvalue weighted by atomic mass is 16.5. The number of benzene rings is 2. The minimum absolute atomic E-state index is 0.00140. The summed E-state index contributed by atoms with van der Waals surface area (Å²) in [5, 5.41) is 0. The molecule has 0 aromatic heterocycles. The molecule has 30 heavy (non-hydrogen) atoms. The number of ether oxygens (including phenoxy) is 2. The van der Waals surface area contributed by atoms with E-state index in [-0.39, 0.29) is 17.9 Å². The topological polar surface area (TPSA) is 59.1 Å². The predicted octanol–water partition coefficient (Wildman–Crippen LogP) is 3.16. The molecule has 0 saturated carbocycles. The van der Waals surface area contributed by atoms with Gasteiger partial charge in [-0.15, -0.1) is 0 Å². The standard InChI is InChI=1S/C24H26N2O4/c1-29-19-13-15-9-12-26-22(18(15)14-20(19)30-2)21(24(28)25-10-5-6-11-25)16-7-3-4-8-17(16)23(26)27/h3-4,7-8,13-14,21-22H,5-6,9-12H2,1-2H3/t21-,22-/m0/s1. The Hall–Kier alpha value is -3.02. The van der Waals surface area contributed by atoms with E-state index in [4.69, 9.17) is 9.47 Å². The van der Waals surface area contributed by atoms with Gasteiger partial charge in [0.15, 0.2) is 11.5 Å². The Morgan fingerprint density at radius 1 is 0.967 bits per heavy atom. The Bertz CT molecular complexity index is 1010. The van der Waals surface area contributed by atoms with E-state index in [0.717, 1.165) is 49.0 Å². The van der Waals surface area contributed by atoms with Crippen LogP contribution in [0.15, 0.2) is 36.4 Å². The predicted molar refractivity (Wildman–Crippen MR) is 112 cm³/mol. The molecule has 1 fully saturated rings. The fourth-order valence-corrected chi connectivity index (χ4v) is 5.25. The van der Waals surface area contributed by atoms with Gasteiger partial charge in [0, 0.05) is 25.2 Å². The molecule has 3 heterocycles. The fourth-order valence-electron chi connectivity index (χ4n) is 5.25. The van der Waals surface area contributed by atoms with Crippen LogP contribution in [0.3, 0.4) is 0 Å². The molecule has 2 aromatic carbocycles. The second kappa shape index (κ2) is 7.35. The van der Waals surface area contributed by atoms with Crippen LogP contribution in [-0.4, -0.2) is 55.5 Å². The first-order valence-corrected chi connectivity index (χ1v) is 10.6. The van der Waals surface area contributed by atoms with Gasteiger partial charge >= 0.3 is 0 Å². The minimum atomic E-state index is -0.408. The molecule has 6 heteroatoms. The number of carbonyl (C=O) groups excluding carboxylic acids is 2. The molecule has 3 aliphatic heterocycles. The number of amides is 2. The van der Waals surface area contributed by atoms with E-state index in [0.29, 0.717) is 23.6 Å². The summed E-state index contributed by atoms with van der Waals surface area (Å²) in [6, 6.07) is 11.2. The van der Waals surface area contributed by atoms with E-state index in [1.54, 1.807) is 14.2 Å². The summed E-state index contributed by atoms with van der Waals surface area (Å²) >= 11 is 0. The van der Waals surface area contributed by atoms with Gasteiger partial charge in [0.05, 0.1) is 26.2 Å². The lowest BCUT2D eigenvalue weighted by atomic mass is 9.75. The Balaban J connectivity index is 1.69. The zero-order chi connectivity index (χ0) is 20.8. The molecule has 0 bridgehead atoms. The van der Waals surface area contributed by atoms with Gasteiger partial charge in [0.25, 0.3) is 5.91 Å². The van der Waals surface area contributed by atoms with E-state index >= 15 is 0 Å². The minimum Gasteiger partial charge on any atom is -0.493 e. The van der Waals surface area contributed by atoms with Gasteiger partial charge in [-0.2, -0.15) is 0 Å². The summed E-state index contributed by atoms with van der Waals surface area (Å²) in [6.45, 7) is 2.16. The number of methoxy groups -OCH3 is 2. The molecule has 0 N–H and O–H groups in total. The number of rotatable bonds is 3. The molecule has 6 nitrogen and oxygen atoms in total. The Kier molecular flexibility index (Phi) is 4.65. The number of hydrogen-bond donors (Lipinski definition) is 0. The molecule has 0 radical (unpaired) electrons. The van der Waals surface area contributed by atoms with Crippen molar-refractivity contribution in [1.29, 1.82) is 0 Å². The van der Waals surface area contributed by atoms with Crippen molar-refractivity contribution in [3.63, 3.8) is 0 Å². The highest BCUT2D eigenvalue weighted by molar-refractivity contribution is 6.01. The molecule has 1 saturated heterocycles. The lowest BCUT2D eigenvalue weighted by Gasteiger charge is -2.46. The van der Waals surface area contributed by atoms with Crippen LogP contribution < -0.4 is 9.47 Å². The van der Waals surface area contributed by atoms with Gasteiger partial charge in [0.2, 0.25) is 5.91 Å². The highest BCUT2D eigenvalue weighted by Gasteiger charge is 2.47. The molecule has 3 aliphatic rings. The smallest absolute Gasteiger partial charge is 0.254 e. The van der Waals surface area contributed by atoms with Crippen molar-refractivity contribution in [3.05, 3.63) is 58.7 Å². The number of fused-ring (bicyclic) bond motifs is 4. The lowest BCUT2D eigenvalue weighted by molar-refractivity contribution is -0.133. The molecule has 2 aromatic rings. The second-order valence-electron chi connectivity index (χ2n) is 8.20. The van der Waals surface area contributed by atoms with Crippen molar-refractivity contribution in [2.75, 3.05) is 33.9 Å². The van der Waals surface area contributed by atoms with Gasteiger partial charge in [-0.1, -0.05) is 18.2 Å². The van der Waals surface area contributed by atoms with Crippen molar-refractivity contribution in [1.82, 2.24) is 9.80 Å². The quantitative estimate of drug-likeness (QED) is 0.786. The molecule has 5 rings (SSSR count). The Morgan fingerprint density at radius 2 is 1.67 bits per heavy atom. The Labute approximate surface area is 176 Å². The summed E-state index contributed by atoms with van der Waals surface area (Å²) in [5.74, 6) is 1.01. The zero-order valence-electron chi connectivity index (χ0n) is 17.4. The van der Waals surface area contributed by atoms with Crippen LogP contribution in [0.25, 0.3) is 0 Å². The number of likely N-dealkylation sites (tertiary alicyclic amines) is 1. The van der Waals surface area contributed by atoms with Crippen molar-refractivity contribution in [3.8, 4) is 11.5 Å². The average molecular weight is 406 g/mol. The van der Waals surface area contributed by atoms with E-state index in [1.165, 1.54) is 0 Å². The Morgan fingerprint density at radius 3 is 2.40 bits per heavy atom. The third kappa shape index (κ3) is 2.77. The van der Waals surface area contributed by atoms with Gasteiger partial charge in [-0.3, -0.25) is 9.59 Å². The molecule has 2 atom stereocenters. The van der Waals surface area contributed by atoms with Crippen molar-refractivity contribution < 1.29 is 19.1 Å². The first kappa shape index (κ1) is 19.0. The van der Waals surface area contributed by atoms with Gasteiger partial charge < -0.3 is 19.3 Å². The van der Waals surface area contributed by atoms with E-state index in [9.17, 15) is 9.59 Å². The molecule has 156 valence electrons. The van der Waals surface area contributed by atoms with E-state index < -0.39 is 5.92 Å². The highest BCUT2D eigenvalue weighted by Crippen LogP contribution is 2.49. The summed E-state index contributed by atoms with van der Waals surface area (Å²) in [5.41, 5.74) is 3.58. The maximum absolute atomic E-state index is 13.7. The molecule has 0 spiro atoms. The van der Waals surface area contributed by atoms with Crippen LogP contribution >= 0.6 is 0 Å². The average Bonchev–Trinajstić information content (AvgIpc) is 3.33. The van der Waals surface area contributed by atoms with Gasteiger partial charge in [-0.05, 0) is 54.2 Å². The zero-order valence-corrected chi connectivity index (χ0v) is 17.4. The fraction of sp³-hybridized carbons (Fsp3) is 0.417. The van der Waals surface area contributed by atoms with E-state index in [1.807, 2.05) is 46.2 Å². The molecule has 2 amide bonds. The third-order valence-electron chi connectivity index (χ3n) is 6.71. The van der Waals surface area contributed by atoms with Crippen LogP contribution in [0.4, 0.5) is 0 Å². The normalized spacial score (nSPS) is 22.3. The number of carbonyl (C=O) groups is 2. The first-order chi connectivity index (χ1) is 14.6. The maximum Gasteiger partial charge on any atom is 0.254 e. The van der Waals surface area contributed by atoms with E-state index in [2.05, 4.69) is 0 Å². The molecule has 0 aliphatic carbocycles. The van der Waals surface area contributed by atoms with Crippen molar-refractivity contribution in [2.24, 2.45) is 0 Å². The summed E-state index contributed by atoms with van der Waals surface area (Å²) in [6.07, 6.45) is 2.80. The van der Waals surface area contributed by atoms with Crippen LogP contribution in [0.5, 0.6) is 11.5 Å². The van der Waals surface area contributed by atoms with Crippen LogP contribution in [0.2, 0.25) is 0 Å². The lowest BCUT2D eigenvalue weighted by Crippen LogP contribution is -2.50. The largest absolute Gasteiger partial charge is 0.493 e. The monoisotopic (exact) mass is 406 g/mol. The number of nitrogens with zero attached hydrogens (tertiary/aromatic N) is 2. The van der Waals surface area contributed by atoms with Crippen LogP contribution in [0, 0.1) is 0 Å². The summed E-state index contributed by atoms with van der Waals surface area (Å²) in [7, 11) is 3.23. The van der Waals surface area contributed by atoms with Gasteiger partial charge in [0.1, 0.15) is 0 Å². The summed E-state index contributed by atoms with van der Waals surface area (Å²) < 4.78 is 11.0. The SMILES string of the molecule is COc1cc2c(cc1OC)[C@H]1[C@@H](C(=O)N3CCCC3)c3ccccc3C(=O)N1CC2. The molecule has 0 unspecified atom stereocenters. The maximum atomic E-state index is 13.7. The van der Waals surface area contributed by atoms with Crippen molar-refractivity contribution in [2.45, 2.75) is 31.2 Å². The molecular weight excluding hydrogens is 380 g/mol. The third-order valence-corrected chi connectivity index (χ3v) is 6.71. The van der Waals surface area contributed by atoms with Crippen molar-refractivity contribution >= 4 is 11.8 Å². The summed E-state index contributed by atoms with van der Waals surface area (Å²) in [4.78, 5) is 31.0. The molecular formula is C24H26N2O4. The first-order valence-electron chi connectivity index (χ1n) is 10.6.